The van der Waals surface area contributed by atoms with E-state index in [4.69, 9.17) is 4.74 Å². The highest BCUT2D eigenvalue weighted by Gasteiger charge is 2.55. The normalized spacial score (nSPS) is 23.2. The summed E-state index contributed by atoms with van der Waals surface area (Å²) in [5.41, 5.74) is 0.130. The molecule has 2 saturated heterocycles. The summed E-state index contributed by atoms with van der Waals surface area (Å²) in [4.78, 5) is 44.0. The molecule has 2 amide bonds. The smallest absolute Gasteiger partial charge is 0.314 e. The van der Waals surface area contributed by atoms with Crippen molar-refractivity contribution in [1.82, 2.24) is 39.4 Å². The minimum absolute atomic E-state index is 0.121. The summed E-state index contributed by atoms with van der Waals surface area (Å²) in [5, 5.41) is 4.19. The van der Waals surface area contributed by atoms with Gasteiger partial charge in [0.25, 0.3) is 11.8 Å². The highest BCUT2D eigenvalue weighted by molar-refractivity contribution is 5.93. The summed E-state index contributed by atoms with van der Waals surface area (Å²) in [7, 11) is 7.20. The lowest BCUT2D eigenvalue weighted by molar-refractivity contribution is 0.0691. The lowest BCUT2D eigenvalue weighted by Gasteiger charge is -2.31. The van der Waals surface area contributed by atoms with Gasteiger partial charge in [0.2, 0.25) is 5.82 Å². The van der Waals surface area contributed by atoms with Crippen molar-refractivity contribution in [2.24, 2.45) is 18.4 Å². The van der Waals surface area contributed by atoms with Crippen LogP contribution in [0.2, 0.25) is 0 Å². The summed E-state index contributed by atoms with van der Waals surface area (Å²) in [5.74, 6) is -0.0465. The molecule has 0 saturated carbocycles. The van der Waals surface area contributed by atoms with Crippen molar-refractivity contribution in [3.8, 4) is 6.01 Å². The first-order chi connectivity index (χ1) is 14.3. The van der Waals surface area contributed by atoms with E-state index in [-0.39, 0.29) is 29.0 Å². The topological polar surface area (TPSA) is 110 Å². The Morgan fingerprint density at radius 2 is 1.90 bits per heavy atom. The standard InChI is InChI=1S/C19H26N8O3/c1-24(2)10-19-11-26(16(28)14-7-20-5-6-21-14)8-13(19)9-27(12-19)17(29)15-22-18(30-4)25(3)23-15/h5-7,13H,8-12H2,1-4H3/t13-,19+/m1/s1. The van der Waals surface area contributed by atoms with Gasteiger partial charge >= 0.3 is 6.01 Å². The van der Waals surface area contributed by atoms with E-state index in [0.29, 0.717) is 37.9 Å². The maximum Gasteiger partial charge on any atom is 0.314 e. The summed E-state index contributed by atoms with van der Waals surface area (Å²) >= 11 is 0. The lowest BCUT2D eigenvalue weighted by atomic mass is 9.80. The number of fused-ring (bicyclic) bond motifs is 1. The van der Waals surface area contributed by atoms with Gasteiger partial charge in [-0.1, -0.05) is 0 Å². The highest BCUT2D eigenvalue weighted by Crippen LogP contribution is 2.43. The third kappa shape index (κ3) is 3.49. The number of carbonyl (C=O) groups is 2. The molecule has 11 heteroatoms. The molecule has 0 radical (unpaired) electrons. The predicted octanol–water partition coefficient (Wildman–Crippen LogP) is -0.610. The van der Waals surface area contributed by atoms with Gasteiger partial charge in [0.1, 0.15) is 5.69 Å². The summed E-state index contributed by atoms with van der Waals surface area (Å²) in [6, 6.07) is 0.293. The van der Waals surface area contributed by atoms with E-state index >= 15 is 0 Å². The van der Waals surface area contributed by atoms with Crippen LogP contribution in [0.4, 0.5) is 0 Å². The molecule has 0 bridgehead atoms. The summed E-state index contributed by atoms with van der Waals surface area (Å²) < 4.78 is 6.57. The van der Waals surface area contributed by atoms with Crippen LogP contribution in [-0.4, -0.2) is 105 Å². The van der Waals surface area contributed by atoms with E-state index in [1.54, 1.807) is 18.1 Å². The largest absolute Gasteiger partial charge is 0.467 e. The van der Waals surface area contributed by atoms with Crippen molar-refractivity contribution in [3.63, 3.8) is 0 Å². The zero-order valence-corrected chi connectivity index (χ0v) is 17.6. The second kappa shape index (κ2) is 7.63. The fourth-order valence-corrected chi connectivity index (χ4v) is 4.69. The number of hydrogen-bond acceptors (Lipinski definition) is 8. The molecule has 0 aliphatic carbocycles. The zero-order valence-electron chi connectivity index (χ0n) is 17.6. The average molecular weight is 414 g/mol. The van der Waals surface area contributed by atoms with Gasteiger partial charge in [-0.3, -0.25) is 14.6 Å². The molecule has 2 atom stereocenters. The average Bonchev–Trinajstić information content (AvgIpc) is 3.36. The fourth-order valence-electron chi connectivity index (χ4n) is 4.69. The fraction of sp³-hybridized carbons (Fsp3) is 0.579. The monoisotopic (exact) mass is 414 g/mol. The molecule has 160 valence electrons. The molecule has 0 aromatic carbocycles. The van der Waals surface area contributed by atoms with Crippen LogP contribution in [0.1, 0.15) is 21.1 Å². The van der Waals surface area contributed by atoms with Gasteiger partial charge in [-0.2, -0.15) is 4.98 Å². The number of amides is 2. The molecular formula is C19H26N8O3. The first-order valence-corrected chi connectivity index (χ1v) is 9.77. The van der Waals surface area contributed by atoms with E-state index in [0.717, 1.165) is 6.54 Å². The number of nitrogens with zero attached hydrogens (tertiary/aromatic N) is 8. The van der Waals surface area contributed by atoms with Gasteiger partial charge in [0.05, 0.1) is 13.3 Å². The molecule has 2 fully saturated rings. The molecular weight excluding hydrogens is 388 g/mol. The predicted molar refractivity (Wildman–Crippen MR) is 106 cm³/mol. The van der Waals surface area contributed by atoms with Gasteiger partial charge < -0.3 is 19.4 Å². The third-order valence-corrected chi connectivity index (χ3v) is 5.84. The Labute approximate surface area is 174 Å². The van der Waals surface area contributed by atoms with Crippen LogP contribution in [0.3, 0.4) is 0 Å². The second-order valence-electron chi connectivity index (χ2n) is 8.30. The van der Waals surface area contributed by atoms with E-state index in [1.807, 2.05) is 19.0 Å². The molecule has 2 aliphatic rings. The molecule has 0 spiro atoms. The summed E-state index contributed by atoms with van der Waals surface area (Å²) in [6.07, 6.45) is 4.56. The van der Waals surface area contributed by atoms with Crippen LogP contribution in [0.15, 0.2) is 18.6 Å². The van der Waals surface area contributed by atoms with Gasteiger partial charge in [-0.25, -0.2) is 9.67 Å². The van der Waals surface area contributed by atoms with E-state index < -0.39 is 0 Å². The van der Waals surface area contributed by atoms with Crippen molar-refractivity contribution < 1.29 is 14.3 Å². The van der Waals surface area contributed by atoms with Crippen LogP contribution in [0.25, 0.3) is 0 Å². The lowest BCUT2D eigenvalue weighted by Crippen LogP contribution is -2.44. The number of aryl methyl sites for hydroxylation is 1. The van der Waals surface area contributed by atoms with Crippen molar-refractivity contribution >= 4 is 11.8 Å². The maximum absolute atomic E-state index is 13.0. The quantitative estimate of drug-likeness (QED) is 0.637. The molecule has 2 aromatic heterocycles. The molecule has 30 heavy (non-hydrogen) atoms. The molecule has 4 rings (SSSR count). The number of rotatable bonds is 5. The SMILES string of the molecule is COc1nc(C(=O)N2C[C@H]3CN(C(=O)c4cnccn4)C[C@@]3(CN(C)C)C2)nn1C. The Kier molecular flexibility index (Phi) is 5.14. The van der Waals surface area contributed by atoms with Crippen LogP contribution in [0, 0.1) is 11.3 Å². The Morgan fingerprint density at radius 3 is 2.47 bits per heavy atom. The molecule has 11 nitrogen and oxygen atoms in total. The van der Waals surface area contributed by atoms with Crippen LogP contribution in [-0.2, 0) is 7.05 Å². The van der Waals surface area contributed by atoms with Gasteiger partial charge in [0.15, 0.2) is 0 Å². The number of aromatic nitrogens is 5. The molecule has 0 N–H and O–H groups in total. The number of ether oxygens (including phenoxy) is 1. The Hall–Kier alpha value is -3.08. The van der Waals surface area contributed by atoms with Crippen molar-refractivity contribution in [3.05, 3.63) is 30.1 Å². The first kappa shape index (κ1) is 20.2. The Morgan fingerprint density at radius 1 is 1.20 bits per heavy atom. The van der Waals surface area contributed by atoms with Gasteiger partial charge in [-0.15, -0.1) is 5.10 Å². The molecule has 4 heterocycles. The van der Waals surface area contributed by atoms with Crippen LogP contribution in [0.5, 0.6) is 6.01 Å². The number of carbonyl (C=O) groups excluding carboxylic acids is 2. The maximum atomic E-state index is 13.0. The second-order valence-corrected chi connectivity index (χ2v) is 8.30. The van der Waals surface area contributed by atoms with Gasteiger partial charge in [0, 0.05) is 63.5 Å². The van der Waals surface area contributed by atoms with Gasteiger partial charge in [-0.05, 0) is 14.1 Å². The zero-order chi connectivity index (χ0) is 21.5. The van der Waals surface area contributed by atoms with Crippen LogP contribution >= 0.6 is 0 Å². The minimum Gasteiger partial charge on any atom is -0.467 e. The highest BCUT2D eigenvalue weighted by atomic mass is 16.5. The summed E-state index contributed by atoms with van der Waals surface area (Å²) in [6.45, 7) is 3.00. The minimum atomic E-state index is -0.215. The van der Waals surface area contributed by atoms with E-state index in [1.165, 1.54) is 24.2 Å². The van der Waals surface area contributed by atoms with Crippen LogP contribution < -0.4 is 4.74 Å². The number of likely N-dealkylation sites (tertiary alicyclic amines) is 2. The third-order valence-electron chi connectivity index (χ3n) is 5.84. The van der Waals surface area contributed by atoms with Crippen molar-refractivity contribution in [2.75, 3.05) is 53.9 Å². The van der Waals surface area contributed by atoms with E-state index in [9.17, 15) is 9.59 Å². The first-order valence-electron chi connectivity index (χ1n) is 9.77. The number of hydrogen-bond donors (Lipinski definition) is 0. The Balaban J connectivity index is 1.54. The molecule has 2 aliphatic heterocycles. The van der Waals surface area contributed by atoms with Crippen molar-refractivity contribution in [2.45, 2.75) is 0 Å². The molecule has 2 aromatic rings. The molecule has 0 unspecified atom stereocenters. The Bertz CT molecular complexity index is 947. The van der Waals surface area contributed by atoms with E-state index in [2.05, 4.69) is 25.0 Å². The number of methoxy groups -OCH3 is 1. The van der Waals surface area contributed by atoms with Crippen molar-refractivity contribution in [1.29, 1.82) is 0 Å².